The predicted octanol–water partition coefficient (Wildman–Crippen LogP) is 13.2. The van der Waals surface area contributed by atoms with Crippen LogP contribution in [0, 0.1) is 58.2 Å². The van der Waals surface area contributed by atoms with Crippen LogP contribution >= 0.6 is 59.4 Å². The number of tetrazole rings is 2. The summed E-state index contributed by atoms with van der Waals surface area (Å²) in [6.45, 7) is 10.7. The molecule has 129 heavy (non-hydrogen) atoms. The number of aliphatic hydroxyl groups excluding tert-OH is 2. The normalized spacial score (nSPS) is 14.9. The standard InChI is InChI=1S/C17H14F2N6O3.C14H10BrF2NO2.C13H18BN5O2.C10H8BrF2NO3.C8H7ClO2.C7H12O3.C6H4BrF2N.C6H5F2N.CH4.Na.H2O/c1-24-22-16(21-23-24)12-4-2-9(6-20-12)11-3-5-13(15(19)14(11)18)25-7-10(8-26)28-17(25)27;15-10-6-7-11(13(17)12(10)16)18-14(19)20-8-9-4-2-1-3-5-9;1-12(2)13(3,4)21-14(20-12)9-6-7-10(15-8-9)11-16-18-19(5)17-11;11-6-1-2-7(9(13)8(6)12)14-3-5(4-15)17-10(14)16;9-8(10)11-6-7-4-2-1-3-5-7;1-2-3-7(8)10-5-6-4-9-6;7-3-1-2-4(10)6(9)5(3)8;7-4-2-1-3-5(9)6(4)8;;;/h2-6,10,26H,7-8H2,1H3;1-7H,8H2,(H,18,19);6-8H,1-5H3;1-2,5,15H,3-4H2;1-5H,6H2;6H,2-5H2,1H3;1-2H,10H2;1-3H,9H2;1H4;;1H2/q;;;;;;;;;+1;/p-1/t10-;;;5-;;6-;;;;;/m1..1.1...../s1. The number of benzene rings is 7. The fourth-order valence-electron chi connectivity index (χ4n) is 10.3. The molecular weight excluding hydrogens is 1950 g/mol. The number of aromatic nitrogens is 10. The van der Waals surface area contributed by atoms with Gasteiger partial charge in [0.2, 0.25) is 11.6 Å². The Kier molecular flexibility index (Phi) is 43.4. The average Bonchev–Trinajstić information content (AvgIpc) is 1.65. The molecule has 3 amide bonds. The number of amides is 3. The first-order chi connectivity index (χ1) is 59.8. The van der Waals surface area contributed by atoms with Crippen molar-refractivity contribution in [1.29, 1.82) is 0 Å². The van der Waals surface area contributed by atoms with Gasteiger partial charge in [-0.3, -0.25) is 29.9 Å². The van der Waals surface area contributed by atoms with Crippen LogP contribution in [-0.2, 0) is 69.8 Å². The number of nitrogens with two attached hydrogens (primary N) is 2. The van der Waals surface area contributed by atoms with Gasteiger partial charge < -0.3 is 64.9 Å². The summed E-state index contributed by atoms with van der Waals surface area (Å²) < 4.78 is 173. The number of rotatable bonds is 17. The Morgan fingerprint density at radius 1 is 0.566 bits per heavy atom. The van der Waals surface area contributed by atoms with Crippen LogP contribution in [0.1, 0.15) is 66.0 Å². The van der Waals surface area contributed by atoms with Gasteiger partial charge in [0.1, 0.15) is 49.5 Å². The van der Waals surface area contributed by atoms with Crippen LogP contribution in [0.3, 0.4) is 0 Å². The van der Waals surface area contributed by atoms with E-state index in [1.54, 1.807) is 56.7 Å². The minimum Gasteiger partial charge on any atom is -0.870 e. The maximum Gasteiger partial charge on any atom is 1.00 e. The molecule has 0 saturated carbocycles. The Hall–Kier alpha value is -10.8. The van der Waals surface area contributed by atoms with Crippen molar-refractivity contribution in [2.75, 3.05) is 66.1 Å². The number of nitrogen functional groups attached to an aromatic ring is 2. The van der Waals surface area contributed by atoms with Crippen LogP contribution < -0.4 is 61.6 Å². The van der Waals surface area contributed by atoms with E-state index in [4.69, 9.17) is 66.3 Å². The number of epoxide rings is 1. The molecular formula is C82H83BBr3ClF10N15NaO16. The maximum atomic E-state index is 14.7. The van der Waals surface area contributed by atoms with Gasteiger partial charge in [-0.2, -0.15) is 9.59 Å². The van der Waals surface area contributed by atoms with Gasteiger partial charge in [0, 0.05) is 47.0 Å². The first-order valence-corrected chi connectivity index (χ1v) is 40.0. The summed E-state index contributed by atoms with van der Waals surface area (Å²) in [5.41, 5.74) is 11.5. The number of hydrogen-bond donors (Lipinski definition) is 5. The van der Waals surface area contributed by atoms with Crippen molar-refractivity contribution in [1.82, 2.24) is 50.4 Å². The Balaban J connectivity index is 0.000000268. The second-order valence-corrected chi connectivity index (χ2v) is 30.3. The Bertz CT molecular complexity index is 5480. The number of aliphatic hydroxyl groups is 2. The first-order valence-electron chi connectivity index (χ1n) is 37.2. The van der Waals surface area contributed by atoms with Crippen LogP contribution in [0.2, 0.25) is 0 Å². The van der Waals surface area contributed by atoms with Crippen molar-refractivity contribution in [2.24, 2.45) is 14.1 Å². The van der Waals surface area contributed by atoms with Crippen LogP contribution in [0.4, 0.5) is 91.5 Å². The molecule has 8 N–H and O–H groups in total. The molecule has 4 fully saturated rings. The molecule has 0 aliphatic carbocycles. The molecule has 11 aromatic rings. The van der Waals surface area contributed by atoms with Gasteiger partial charge in [-0.15, -0.1) is 20.4 Å². The summed E-state index contributed by atoms with van der Waals surface area (Å²) in [5, 5.41) is 43.5. The summed E-state index contributed by atoms with van der Waals surface area (Å²) in [4.78, 5) is 68.7. The maximum absolute atomic E-state index is 14.7. The largest absolute Gasteiger partial charge is 1.00 e. The number of carbonyl (C=O) groups is 5. The van der Waals surface area contributed by atoms with Crippen molar-refractivity contribution in [2.45, 2.75) is 97.6 Å². The molecule has 684 valence electrons. The van der Waals surface area contributed by atoms with Crippen LogP contribution in [0.5, 0.6) is 0 Å². The number of hydrogen-bond acceptors (Lipinski definition) is 26. The SMILES string of the molecule is C.CCCC(=O)OC[C@H]1CO1.Cn1nnc(-c2ccc(-c3ccc(N4C[C@H](CO)OC4=O)c(F)c3F)cn2)n1.Cn1nnc(-c2ccc(B3OC(C)(C)C(C)(C)O3)cn2)n1.Nc1ccc(Br)c(F)c1F.Nc1cccc(F)c1F.O=C(Cl)OCc1ccccc1.O=C(Nc1ccc(Br)c(F)c1F)OCc1ccccc1.O=C1O[C@@H](CO)CN1c1ccc(Br)c(F)c1F.[Na+].[OH-]. The summed E-state index contributed by atoms with van der Waals surface area (Å²) in [7, 11) is 2.92. The van der Waals surface area contributed by atoms with Gasteiger partial charge in [0.25, 0.3) is 0 Å². The van der Waals surface area contributed by atoms with Gasteiger partial charge >= 0.3 is 66.4 Å². The monoisotopic (exact) mass is 2030 g/mol. The fourth-order valence-corrected chi connectivity index (χ4v) is 11.3. The van der Waals surface area contributed by atoms with E-state index in [-0.39, 0.29) is 146 Å². The number of nitrogens with zero attached hydrogens (tertiary/aromatic N) is 12. The number of pyridine rings is 2. The molecule has 7 aromatic carbocycles. The molecule has 4 aromatic heterocycles. The molecule has 0 radical (unpaired) electrons. The molecule has 15 rings (SSSR count). The van der Waals surface area contributed by atoms with Crippen LogP contribution in [0.25, 0.3) is 34.2 Å². The van der Waals surface area contributed by atoms with E-state index < -0.39 is 108 Å². The third-order valence-electron chi connectivity index (χ3n) is 17.7. The third kappa shape index (κ3) is 31.8. The number of carbonyl (C=O) groups excluding carboxylic acids is 5. The molecule has 4 saturated heterocycles. The number of halogens is 14. The van der Waals surface area contributed by atoms with Crippen LogP contribution in [0.15, 0.2) is 177 Å². The number of esters is 1. The molecule has 0 unspecified atom stereocenters. The van der Waals surface area contributed by atoms with Crippen molar-refractivity contribution < 1.29 is 151 Å². The molecule has 31 nitrogen and oxygen atoms in total. The van der Waals surface area contributed by atoms with Crippen LogP contribution in [-0.4, -0.2) is 172 Å². The van der Waals surface area contributed by atoms with Crippen molar-refractivity contribution in [3.63, 3.8) is 0 Å². The molecule has 3 atom stereocenters. The van der Waals surface area contributed by atoms with Gasteiger partial charge in [-0.25, -0.2) is 63.1 Å². The number of ether oxygens (including phenoxy) is 6. The van der Waals surface area contributed by atoms with Gasteiger partial charge in [-0.1, -0.05) is 93.2 Å². The second-order valence-electron chi connectivity index (χ2n) is 27.5. The summed E-state index contributed by atoms with van der Waals surface area (Å²) in [6, 6.07) is 39.3. The Labute approximate surface area is 784 Å². The Morgan fingerprint density at radius 2 is 1.03 bits per heavy atom. The van der Waals surface area contributed by atoms with Gasteiger partial charge in [-0.05, 0) is 176 Å². The predicted molar refractivity (Wildman–Crippen MR) is 459 cm³/mol. The number of aryl methyl sites for hydroxylation is 2. The summed E-state index contributed by atoms with van der Waals surface area (Å²) in [6.07, 6.45) is 0.683. The number of nitrogens with one attached hydrogen (secondary N) is 1. The summed E-state index contributed by atoms with van der Waals surface area (Å²) in [5.74, 6) is -9.85. The molecule has 4 aliphatic rings. The summed E-state index contributed by atoms with van der Waals surface area (Å²) >= 11 is 13.5. The number of anilines is 5. The van der Waals surface area contributed by atoms with E-state index in [1.165, 1.54) is 76.5 Å². The Morgan fingerprint density at radius 3 is 1.47 bits per heavy atom. The minimum atomic E-state index is -1.19. The van der Waals surface area contributed by atoms with E-state index in [2.05, 4.69) is 98.6 Å². The zero-order valence-electron chi connectivity index (χ0n) is 68.9. The van der Waals surface area contributed by atoms with Gasteiger partial charge in [0.05, 0.1) is 100 Å². The quantitative estimate of drug-likeness (QED) is 0.00826. The molecule has 0 bridgehead atoms. The second kappa shape index (κ2) is 51.5. The van der Waals surface area contributed by atoms with E-state index >= 15 is 0 Å². The minimum absolute atomic E-state index is 0. The molecule has 8 heterocycles. The van der Waals surface area contributed by atoms with Crippen molar-refractivity contribution in [3.8, 4) is 34.2 Å². The first kappa shape index (κ1) is 109. The zero-order valence-corrected chi connectivity index (χ0v) is 76.4. The van der Waals surface area contributed by atoms with Gasteiger partial charge in [0.15, 0.2) is 58.2 Å². The third-order valence-corrected chi connectivity index (χ3v) is 19.6. The average molecular weight is 2030 g/mol. The molecule has 4 aliphatic heterocycles. The number of cyclic esters (lactones) is 2. The zero-order chi connectivity index (χ0) is 92.3. The van der Waals surface area contributed by atoms with E-state index in [9.17, 15) is 67.9 Å². The van der Waals surface area contributed by atoms with Crippen molar-refractivity contribution >= 4 is 130 Å². The topological polar surface area (TPSA) is 416 Å². The van der Waals surface area contributed by atoms with E-state index in [0.29, 0.717) is 41.6 Å². The van der Waals surface area contributed by atoms with E-state index in [1.807, 2.05) is 83.1 Å². The molecule has 47 heteroatoms. The molecule has 0 spiro atoms. The van der Waals surface area contributed by atoms with E-state index in [0.717, 1.165) is 45.5 Å². The smallest absolute Gasteiger partial charge is 0.870 e. The van der Waals surface area contributed by atoms with Crippen molar-refractivity contribution in [3.05, 3.63) is 247 Å². The fraction of sp³-hybridized carbons (Fsp3) is 0.280.